The van der Waals surface area contributed by atoms with Gasteiger partial charge in [0.1, 0.15) is 17.6 Å². The van der Waals surface area contributed by atoms with Gasteiger partial charge in [-0.3, -0.25) is 4.79 Å². The Hall–Kier alpha value is -4.00. The number of methoxy groups -OCH3 is 1. The summed E-state index contributed by atoms with van der Waals surface area (Å²) in [6, 6.07) is 24.3. The van der Waals surface area contributed by atoms with Gasteiger partial charge in [0.2, 0.25) is 0 Å². The second-order valence-corrected chi connectivity index (χ2v) is 12.1. The van der Waals surface area contributed by atoms with Gasteiger partial charge < -0.3 is 25.4 Å². The number of ether oxygens (including phenoxy) is 2. The maximum atomic E-state index is 13.0. The average molecular weight is 554 g/mol. The number of amides is 3. The number of anilines is 1. The average Bonchev–Trinajstić information content (AvgIpc) is 2.97. The summed E-state index contributed by atoms with van der Waals surface area (Å²) < 4.78 is 11.5. The molecule has 41 heavy (non-hydrogen) atoms. The minimum atomic E-state index is -0.241. The Bertz CT molecular complexity index is 1310. The maximum absolute atomic E-state index is 13.0. The summed E-state index contributed by atoms with van der Waals surface area (Å²) >= 11 is 0. The predicted molar refractivity (Wildman–Crippen MR) is 159 cm³/mol. The number of nitrogens with one attached hydrogen (secondary N) is 3. The number of urea groups is 1. The van der Waals surface area contributed by atoms with Crippen molar-refractivity contribution in [2.45, 2.75) is 56.6 Å². The molecule has 1 atom stereocenters. The van der Waals surface area contributed by atoms with Crippen molar-refractivity contribution in [3.8, 4) is 11.5 Å². The van der Waals surface area contributed by atoms with Crippen LogP contribution < -0.4 is 25.4 Å². The minimum Gasteiger partial charge on any atom is -0.497 e. The first-order valence-corrected chi connectivity index (χ1v) is 14.8. The van der Waals surface area contributed by atoms with Crippen LogP contribution in [0.15, 0.2) is 78.9 Å². The Labute approximate surface area is 242 Å². The van der Waals surface area contributed by atoms with Gasteiger partial charge in [0.15, 0.2) is 0 Å². The molecule has 4 fully saturated rings. The van der Waals surface area contributed by atoms with Crippen LogP contribution in [-0.4, -0.2) is 31.1 Å². The van der Waals surface area contributed by atoms with Gasteiger partial charge in [-0.2, -0.15) is 0 Å². The van der Waals surface area contributed by atoms with Crippen LogP contribution in [0.5, 0.6) is 11.5 Å². The van der Waals surface area contributed by atoms with Crippen LogP contribution in [-0.2, 0) is 0 Å². The summed E-state index contributed by atoms with van der Waals surface area (Å²) in [5, 5.41) is 9.40. The van der Waals surface area contributed by atoms with Crippen LogP contribution in [0.4, 0.5) is 10.5 Å². The molecule has 0 spiro atoms. The zero-order chi connectivity index (χ0) is 28.2. The van der Waals surface area contributed by atoms with Gasteiger partial charge in [0.05, 0.1) is 7.11 Å². The van der Waals surface area contributed by atoms with Crippen LogP contribution in [0.25, 0.3) is 0 Å². The highest BCUT2D eigenvalue weighted by molar-refractivity contribution is 6.04. The summed E-state index contributed by atoms with van der Waals surface area (Å²) in [5.74, 6) is 3.57. The third kappa shape index (κ3) is 6.50. The smallest absolute Gasteiger partial charge is 0.315 e. The molecule has 0 saturated heterocycles. The molecule has 0 aromatic heterocycles. The SMILES string of the molecule is COc1ccc(NC(=O)c2ccc(OC(CCNC(=O)NC34CC5CC(CC(C5)C3)C4)c3ccccc3)cc2)cc1. The van der Waals surface area contributed by atoms with Crippen molar-refractivity contribution in [2.24, 2.45) is 17.8 Å². The van der Waals surface area contributed by atoms with E-state index in [1.54, 1.807) is 43.5 Å². The lowest BCUT2D eigenvalue weighted by Gasteiger charge is -2.56. The fourth-order valence-electron chi connectivity index (χ4n) is 7.55. The monoisotopic (exact) mass is 553 g/mol. The van der Waals surface area contributed by atoms with E-state index >= 15 is 0 Å². The molecule has 214 valence electrons. The van der Waals surface area contributed by atoms with E-state index in [9.17, 15) is 9.59 Å². The summed E-state index contributed by atoms with van der Waals surface area (Å²) in [5.41, 5.74) is 2.26. The van der Waals surface area contributed by atoms with Crippen molar-refractivity contribution in [1.82, 2.24) is 10.6 Å². The highest BCUT2D eigenvalue weighted by atomic mass is 16.5. The molecule has 7 rings (SSSR count). The van der Waals surface area contributed by atoms with E-state index in [0.29, 0.717) is 30.0 Å². The molecule has 0 heterocycles. The number of carbonyl (C=O) groups excluding carboxylic acids is 2. The number of hydrogen-bond donors (Lipinski definition) is 3. The molecule has 0 radical (unpaired) electrons. The molecule has 7 heteroatoms. The summed E-state index contributed by atoms with van der Waals surface area (Å²) in [6.45, 7) is 0.500. The van der Waals surface area contributed by atoms with Crippen molar-refractivity contribution in [1.29, 1.82) is 0 Å². The molecular weight excluding hydrogens is 514 g/mol. The molecule has 7 nitrogen and oxygen atoms in total. The molecular formula is C34H39N3O4. The minimum absolute atomic E-state index is 0.00439. The summed E-state index contributed by atoms with van der Waals surface area (Å²) in [6.07, 6.45) is 7.85. The molecule has 4 aliphatic rings. The lowest BCUT2D eigenvalue weighted by atomic mass is 9.53. The Balaban J connectivity index is 1.04. The van der Waals surface area contributed by atoms with E-state index in [4.69, 9.17) is 9.47 Å². The number of benzene rings is 3. The Kier molecular flexibility index (Phi) is 7.86. The highest BCUT2D eigenvalue weighted by Gasteiger charge is 2.51. The standard InChI is InChI=1S/C34H39N3O4/c1-40-29-13-9-28(10-14-29)36-32(38)27-7-11-30(12-8-27)41-31(26-5-3-2-4-6-26)15-16-35-33(39)37-34-20-23-17-24(21-34)19-25(18-23)22-34/h2-14,23-25,31H,15-22H2,1H3,(H,36,38)(H2,35,37,39). The van der Waals surface area contributed by atoms with E-state index in [-0.39, 0.29) is 23.6 Å². The molecule has 0 aliphatic heterocycles. The fourth-order valence-corrected chi connectivity index (χ4v) is 7.55. The largest absolute Gasteiger partial charge is 0.497 e. The molecule has 3 aromatic rings. The lowest BCUT2D eigenvalue weighted by Crippen LogP contribution is -2.61. The Morgan fingerprint density at radius 2 is 1.44 bits per heavy atom. The normalized spacial score (nSPS) is 24.8. The van der Waals surface area contributed by atoms with E-state index in [1.165, 1.54) is 19.3 Å². The second kappa shape index (κ2) is 11.9. The van der Waals surface area contributed by atoms with Crippen LogP contribution >= 0.6 is 0 Å². The van der Waals surface area contributed by atoms with Crippen LogP contribution in [0.1, 0.15) is 67.0 Å². The van der Waals surface area contributed by atoms with Gasteiger partial charge in [-0.1, -0.05) is 30.3 Å². The van der Waals surface area contributed by atoms with Gasteiger partial charge >= 0.3 is 6.03 Å². The molecule has 3 amide bonds. The van der Waals surface area contributed by atoms with Crippen LogP contribution in [0.2, 0.25) is 0 Å². The molecule has 1 unspecified atom stereocenters. The van der Waals surface area contributed by atoms with Gasteiger partial charge in [0, 0.05) is 29.8 Å². The van der Waals surface area contributed by atoms with Crippen LogP contribution in [0, 0.1) is 17.8 Å². The first kappa shape index (κ1) is 27.2. The Morgan fingerprint density at radius 1 is 0.829 bits per heavy atom. The first-order valence-electron chi connectivity index (χ1n) is 14.8. The second-order valence-electron chi connectivity index (χ2n) is 12.1. The maximum Gasteiger partial charge on any atom is 0.315 e. The number of hydrogen-bond acceptors (Lipinski definition) is 4. The topological polar surface area (TPSA) is 88.7 Å². The van der Waals surface area contributed by atoms with Crippen molar-refractivity contribution < 1.29 is 19.1 Å². The summed E-state index contributed by atoms with van der Waals surface area (Å²) in [4.78, 5) is 25.7. The third-order valence-corrected chi connectivity index (χ3v) is 9.02. The quantitative estimate of drug-likeness (QED) is 0.260. The van der Waals surface area contributed by atoms with E-state index < -0.39 is 0 Å². The van der Waals surface area contributed by atoms with E-state index in [0.717, 1.165) is 48.3 Å². The van der Waals surface area contributed by atoms with Gasteiger partial charge in [-0.25, -0.2) is 4.79 Å². The molecule has 4 saturated carbocycles. The zero-order valence-corrected chi connectivity index (χ0v) is 23.6. The van der Waals surface area contributed by atoms with Crippen molar-refractivity contribution in [3.63, 3.8) is 0 Å². The molecule has 4 aliphatic carbocycles. The van der Waals surface area contributed by atoms with Gasteiger partial charge in [0.25, 0.3) is 5.91 Å². The van der Waals surface area contributed by atoms with Gasteiger partial charge in [-0.15, -0.1) is 0 Å². The predicted octanol–water partition coefficient (Wildman–Crippen LogP) is 6.73. The number of carbonyl (C=O) groups is 2. The molecule has 3 aromatic carbocycles. The van der Waals surface area contributed by atoms with Crippen molar-refractivity contribution in [2.75, 3.05) is 19.0 Å². The Morgan fingerprint density at radius 3 is 2.05 bits per heavy atom. The lowest BCUT2D eigenvalue weighted by molar-refractivity contribution is -0.0135. The first-order chi connectivity index (χ1) is 20.0. The molecule has 3 N–H and O–H groups in total. The molecule has 4 bridgehead atoms. The van der Waals surface area contributed by atoms with E-state index in [1.807, 2.05) is 42.5 Å². The van der Waals surface area contributed by atoms with E-state index in [2.05, 4.69) is 16.0 Å². The fraction of sp³-hybridized carbons (Fsp3) is 0.412. The number of rotatable bonds is 10. The van der Waals surface area contributed by atoms with Gasteiger partial charge in [-0.05, 0) is 110 Å². The van der Waals surface area contributed by atoms with Crippen molar-refractivity contribution in [3.05, 3.63) is 90.0 Å². The van der Waals surface area contributed by atoms with Crippen LogP contribution in [0.3, 0.4) is 0 Å². The third-order valence-electron chi connectivity index (χ3n) is 9.02. The highest BCUT2D eigenvalue weighted by Crippen LogP contribution is 2.55. The zero-order valence-electron chi connectivity index (χ0n) is 23.6. The van der Waals surface area contributed by atoms with Crippen molar-refractivity contribution >= 4 is 17.6 Å². The summed E-state index contributed by atoms with van der Waals surface area (Å²) in [7, 11) is 1.61.